The lowest BCUT2D eigenvalue weighted by Gasteiger charge is -2.34. The number of hydrogen-bond acceptors (Lipinski definition) is 5. The summed E-state index contributed by atoms with van der Waals surface area (Å²) in [4.78, 5) is 33.2. The van der Waals surface area contributed by atoms with Gasteiger partial charge in [0.1, 0.15) is 18.3 Å². The number of aromatic nitrogens is 2. The van der Waals surface area contributed by atoms with Gasteiger partial charge in [0.2, 0.25) is 11.8 Å². The van der Waals surface area contributed by atoms with E-state index >= 15 is 0 Å². The second-order valence-corrected chi connectivity index (χ2v) is 8.11. The van der Waals surface area contributed by atoms with Crippen LogP contribution in [0.3, 0.4) is 0 Å². The monoisotopic (exact) mass is 415 g/mol. The average molecular weight is 415 g/mol. The summed E-state index contributed by atoms with van der Waals surface area (Å²) in [6.45, 7) is 2.32. The predicted octanol–water partition coefficient (Wildman–Crippen LogP) is 2.59. The molecule has 31 heavy (non-hydrogen) atoms. The lowest BCUT2D eigenvalue weighted by Crippen LogP contribution is -2.52. The van der Waals surface area contributed by atoms with Crippen LogP contribution in [-0.4, -0.2) is 50.8 Å². The molecular formula is C23H21N5O3. The number of aromatic hydroxyl groups is 1. The Labute approximate surface area is 178 Å². The van der Waals surface area contributed by atoms with Gasteiger partial charge in [-0.2, -0.15) is 5.26 Å². The first-order valence-electron chi connectivity index (χ1n) is 10.3. The molecular weight excluding hydrogens is 394 g/mol. The van der Waals surface area contributed by atoms with E-state index in [1.807, 2.05) is 13.1 Å². The molecule has 0 atom stereocenters. The number of benzene rings is 1. The van der Waals surface area contributed by atoms with E-state index in [4.69, 9.17) is 0 Å². The number of aryl methyl sites for hydroxylation is 1. The summed E-state index contributed by atoms with van der Waals surface area (Å²) in [6.07, 6.45) is 4.11. The van der Waals surface area contributed by atoms with Crippen molar-refractivity contribution in [1.82, 2.24) is 14.3 Å². The summed E-state index contributed by atoms with van der Waals surface area (Å²) < 4.78 is 1.57. The highest BCUT2D eigenvalue weighted by atomic mass is 16.3. The number of carbonyl (C=O) groups excluding carboxylic acids is 2. The quantitative estimate of drug-likeness (QED) is 0.708. The fourth-order valence-corrected chi connectivity index (χ4v) is 4.16. The van der Waals surface area contributed by atoms with Crippen LogP contribution in [0.2, 0.25) is 0 Å². The van der Waals surface area contributed by atoms with Gasteiger partial charge in [-0.1, -0.05) is 18.2 Å². The van der Waals surface area contributed by atoms with E-state index in [9.17, 15) is 20.0 Å². The van der Waals surface area contributed by atoms with Gasteiger partial charge in [0, 0.05) is 19.3 Å². The number of hydrogen-bond donors (Lipinski definition) is 1. The van der Waals surface area contributed by atoms with E-state index in [1.54, 1.807) is 28.7 Å². The van der Waals surface area contributed by atoms with Crippen molar-refractivity contribution in [3.8, 4) is 11.9 Å². The zero-order valence-corrected chi connectivity index (χ0v) is 17.1. The number of para-hydroxylation sites is 1. The molecule has 1 saturated heterocycles. The Hall–Kier alpha value is -3.86. The van der Waals surface area contributed by atoms with Crippen LogP contribution in [-0.2, 0) is 4.79 Å². The van der Waals surface area contributed by atoms with Crippen molar-refractivity contribution in [2.45, 2.75) is 25.7 Å². The Morgan fingerprint density at radius 3 is 2.74 bits per heavy atom. The van der Waals surface area contributed by atoms with Crippen LogP contribution < -0.4 is 4.90 Å². The van der Waals surface area contributed by atoms with Gasteiger partial charge in [0.15, 0.2) is 5.69 Å². The molecule has 0 radical (unpaired) electrons. The first kappa shape index (κ1) is 19.1. The second kappa shape index (κ2) is 7.13. The van der Waals surface area contributed by atoms with Crippen LogP contribution in [0.5, 0.6) is 5.88 Å². The van der Waals surface area contributed by atoms with Crippen molar-refractivity contribution in [2.24, 2.45) is 0 Å². The third-order valence-corrected chi connectivity index (χ3v) is 5.97. The summed E-state index contributed by atoms with van der Waals surface area (Å²) in [5.41, 5.74) is 3.48. The van der Waals surface area contributed by atoms with Crippen LogP contribution in [0.25, 0.3) is 5.65 Å². The van der Waals surface area contributed by atoms with Gasteiger partial charge in [-0.25, -0.2) is 4.98 Å². The van der Waals surface area contributed by atoms with E-state index in [0.717, 1.165) is 24.0 Å². The van der Waals surface area contributed by atoms with Crippen LogP contribution >= 0.6 is 0 Å². The van der Waals surface area contributed by atoms with Gasteiger partial charge >= 0.3 is 0 Å². The Balaban J connectivity index is 1.41. The molecule has 3 aromatic rings. The maximum atomic E-state index is 13.1. The minimum Gasteiger partial charge on any atom is -0.492 e. The summed E-state index contributed by atoms with van der Waals surface area (Å²) in [5.74, 6) is -0.450. The molecule has 2 aliphatic rings. The standard InChI is InChI=1S/C23H21N5O3/c1-14-10-17(15-6-7-15)12-28-21(14)25-20(23(28)31)22(30)26-8-9-27(19(29)13-26)18-5-3-2-4-16(18)11-24/h2-5,10,12,15,31H,6-9,13H2,1H3. The van der Waals surface area contributed by atoms with Gasteiger partial charge in [0.05, 0.1) is 11.3 Å². The van der Waals surface area contributed by atoms with Gasteiger partial charge in [0.25, 0.3) is 5.91 Å². The highest BCUT2D eigenvalue weighted by Gasteiger charge is 2.33. The van der Waals surface area contributed by atoms with Crippen LogP contribution in [0.15, 0.2) is 36.5 Å². The topological polar surface area (TPSA) is 102 Å². The van der Waals surface area contributed by atoms with E-state index in [0.29, 0.717) is 22.8 Å². The average Bonchev–Trinajstić information content (AvgIpc) is 3.57. The lowest BCUT2D eigenvalue weighted by molar-refractivity contribution is -0.120. The molecule has 1 saturated carbocycles. The molecule has 156 valence electrons. The fraction of sp³-hybridized carbons (Fsp3) is 0.304. The maximum Gasteiger partial charge on any atom is 0.278 e. The highest BCUT2D eigenvalue weighted by molar-refractivity contribution is 6.02. The molecule has 5 rings (SSSR count). The molecule has 8 heteroatoms. The van der Waals surface area contributed by atoms with Crippen LogP contribution in [0, 0.1) is 18.3 Å². The van der Waals surface area contributed by atoms with Gasteiger partial charge in [-0.3, -0.25) is 14.0 Å². The van der Waals surface area contributed by atoms with Gasteiger partial charge in [-0.15, -0.1) is 0 Å². The molecule has 8 nitrogen and oxygen atoms in total. The number of anilines is 1. The molecule has 1 N–H and O–H groups in total. The van der Waals surface area contributed by atoms with Gasteiger partial charge < -0.3 is 14.9 Å². The number of imidazole rings is 1. The number of nitriles is 1. The number of rotatable bonds is 3. The van der Waals surface area contributed by atoms with Crippen molar-refractivity contribution in [1.29, 1.82) is 5.26 Å². The molecule has 0 unspecified atom stereocenters. The Kier molecular flexibility index (Phi) is 4.40. The summed E-state index contributed by atoms with van der Waals surface area (Å²) in [5, 5.41) is 20.0. The smallest absolute Gasteiger partial charge is 0.278 e. The van der Waals surface area contributed by atoms with Crippen molar-refractivity contribution in [3.63, 3.8) is 0 Å². The maximum absolute atomic E-state index is 13.1. The molecule has 1 aromatic carbocycles. The zero-order valence-electron chi connectivity index (χ0n) is 17.1. The van der Waals surface area contributed by atoms with E-state index in [1.165, 1.54) is 9.80 Å². The molecule has 3 heterocycles. The van der Waals surface area contributed by atoms with E-state index in [-0.39, 0.29) is 37.1 Å². The third kappa shape index (κ3) is 3.19. The molecule has 2 amide bonds. The summed E-state index contributed by atoms with van der Waals surface area (Å²) in [7, 11) is 0. The molecule has 0 bridgehead atoms. The van der Waals surface area contributed by atoms with Crippen molar-refractivity contribution in [3.05, 3.63) is 58.9 Å². The van der Waals surface area contributed by atoms with Gasteiger partial charge in [-0.05, 0) is 48.9 Å². The Morgan fingerprint density at radius 2 is 2.03 bits per heavy atom. The van der Waals surface area contributed by atoms with Crippen molar-refractivity contribution in [2.75, 3.05) is 24.5 Å². The number of fused-ring (bicyclic) bond motifs is 1. The summed E-state index contributed by atoms with van der Waals surface area (Å²) in [6, 6.07) is 11.1. The number of carbonyl (C=O) groups is 2. The lowest BCUT2D eigenvalue weighted by atomic mass is 10.1. The molecule has 2 aromatic heterocycles. The number of amides is 2. The highest BCUT2D eigenvalue weighted by Crippen LogP contribution is 2.41. The van der Waals surface area contributed by atoms with Crippen LogP contribution in [0.4, 0.5) is 5.69 Å². The fourth-order valence-electron chi connectivity index (χ4n) is 4.16. The number of nitrogens with zero attached hydrogens (tertiary/aromatic N) is 5. The number of piperazine rings is 1. The third-order valence-electron chi connectivity index (χ3n) is 5.97. The van der Waals surface area contributed by atoms with Crippen molar-refractivity contribution >= 4 is 23.1 Å². The Morgan fingerprint density at radius 1 is 1.26 bits per heavy atom. The summed E-state index contributed by atoms with van der Waals surface area (Å²) >= 11 is 0. The second-order valence-electron chi connectivity index (χ2n) is 8.11. The first-order chi connectivity index (χ1) is 15.0. The van der Waals surface area contributed by atoms with E-state index < -0.39 is 5.91 Å². The molecule has 1 aliphatic carbocycles. The predicted molar refractivity (Wildman–Crippen MR) is 113 cm³/mol. The van der Waals surface area contributed by atoms with E-state index in [2.05, 4.69) is 17.1 Å². The largest absolute Gasteiger partial charge is 0.492 e. The SMILES string of the molecule is Cc1cc(C2CC2)cn2c(O)c(C(=O)N3CCN(c4ccccc4C#N)C(=O)C3)nc12. The number of pyridine rings is 1. The molecule has 1 aliphatic heterocycles. The molecule has 0 spiro atoms. The minimum atomic E-state index is -0.477. The Bertz CT molecular complexity index is 1270. The molecule has 2 fully saturated rings. The normalized spacial score (nSPS) is 16.6. The zero-order chi connectivity index (χ0) is 21.7. The van der Waals surface area contributed by atoms with Crippen molar-refractivity contribution < 1.29 is 14.7 Å². The first-order valence-corrected chi connectivity index (χ1v) is 10.3. The minimum absolute atomic E-state index is 0.0466. The van der Waals surface area contributed by atoms with Crippen LogP contribution in [0.1, 0.15) is 45.9 Å².